The molecule has 13 heteroatoms. The molecule has 0 saturated heterocycles. The summed E-state index contributed by atoms with van der Waals surface area (Å²) < 4.78 is 17.4. The van der Waals surface area contributed by atoms with E-state index in [1.165, 1.54) is 34.5 Å². The van der Waals surface area contributed by atoms with Gasteiger partial charge in [0.2, 0.25) is 0 Å². The summed E-state index contributed by atoms with van der Waals surface area (Å²) >= 11 is 6.81. The van der Waals surface area contributed by atoms with Crippen molar-refractivity contribution >= 4 is 57.0 Å². The van der Waals surface area contributed by atoms with Gasteiger partial charge in [0.1, 0.15) is 0 Å². The van der Waals surface area contributed by atoms with Gasteiger partial charge in [0.15, 0.2) is 16.7 Å². The fraction of sp³-hybridized carbons (Fsp3) is 0.293. The van der Waals surface area contributed by atoms with E-state index in [1.54, 1.807) is 47.1 Å². The van der Waals surface area contributed by atoms with Gasteiger partial charge in [0.25, 0.3) is 17.7 Å². The highest BCUT2D eigenvalue weighted by Gasteiger charge is 2.29. The molecular weight excluding hydrogens is 726 g/mol. The van der Waals surface area contributed by atoms with Crippen LogP contribution in [0.3, 0.4) is 0 Å². The van der Waals surface area contributed by atoms with E-state index in [0.717, 1.165) is 36.6 Å². The van der Waals surface area contributed by atoms with Crippen molar-refractivity contribution in [3.05, 3.63) is 123 Å². The summed E-state index contributed by atoms with van der Waals surface area (Å²) in [6.45, 7) is 7.83. The van der Waals surface area contributed by atoms with Crippen LogP contribution in [0.25, 0.3) is 16.5 Å². The Morgan fingerprint density at radius 3 is 2.28 bits per heavy atom. The third-order valence-electron chi connectivity index (χ3n) is 9.69. The number of halogens is 1. The number of hydrogen-bond acceptors (Lipinski definition) is 6. The van der Waals surface area contributed by atoms with Gasteiger partial charge < -0.3 is 14.9 Å². The second-order valence-electron chi connectivity index (χ2n) is 13.4. The van der Waals surface area contributed by atoms with Gasteiger partial charge in [-0.05, 0) is 90.6 Å². The first-order chi connectivity index (χ1) is 26.0. The van der Waals surface area contributed by atoms with E-state index in [2.05, 4.69) is 23.7 Å². The van der Waals surface area contributed by atoms with E-state index in [9.17, 15) is 28.5 Å². The predicted molar refractivity (Wildman–Crippen MR) is 209 cm³/mol. The van der Waals surface area contributed by atoms with Gasteiger partial charge in [-0.15, -0.1) is 0 Å². The smallest absolute Gasteiger partial charge is 0.335 e. The quantitative estimate of drug-likeness (QED) is 0.127. The van der Waals surface area contributed by atoms with Crippen molar-refractivity contribution in [2.45, 2.75) is 64.3 Å². The number of carbonyl (C=O) groups is 4. The molecule has 0 radical (unpaired) electrons. The number of fused-ring (bicyclic) bond motifs is 2. The van der Waals surface area contributed by atoms with Crippen LogP contribution in [0.15, 0.2) is 83.8 Å². The van der Waals surface area contributed by atoms with Crippen LogP contribution in [0.1, 0.15) is 97.9 Å². The number of carboxylic acids is 1. The average Bonchev–Trinajstić information content (AvgIpc) is 3.49. The zero-order chi connectivity index (χ0) is 38.5. The van der Waals surface area contributed by atoms with Gasteiger partial charge in [-0.2, -0.15) is 5.10 Å². The van der Waals surface area contributed by atoms with E-state index in [4.69, 9.17) is 11.6 Å². The van der Waals surface area contributed by atoms with Crippen molar-refractivity contribution in [3.8, 4) is 5.69 Å². The monoisotopic (exact) mass is 767 g/mol. The number of amides is 3. The topological polar surface area (TPSA) is 142 Å². The zero-order valence-corrected chi connectivity index (χ0v) is 32.0. The normalized spacial score (nSPS) is 13.0. The molecule has 2 heterocycles. The lowest BCUT2D eigenvalue weighted by Crippen LogP contribution is -2.37. The van der Waals surface area contributed by atoms with Crippen LogP contribution in [-0.4, -0.2) is 72.2 Å². The fourth-order valence-electron chi connectivity index (χ4n) is 6.56. The fourth-order valence-corrected chi connectivity index (χ4v) is 7.59. The van der Waals surface area contributed by atoms with Gasteiger partial charge >= 0.3 is 5.97 Å². The number of rotatable bonds is 13. The molecule has 0 spiro atoms. The molecule has 6 rings (SSSR count). The minimum atomic E-state index is -2.01. The van der Waals surface area contributed by atoms with Crippen molar-refractivity contribution in [2.24, 2.45) is 0 Å². The molecule has 11 nitrogen and oxygen atoms in total. The number of benzene rings is 4. The van der Waals surface area contributed by atoms with Crippen molar-refractivity contribution in [1.82, 2.24) is 24.3 Å². The van der Waals surface area contributed by atoms with Crippen molar-refractivity contribution in [1.29, 1.82) is 0 Å². The summed E-state index contributed by atoms with van der Waals surface area (Å²) in [6, 6.07) is 22.0. The molecule has 4 aromatic carbocycles. The second kappa shape index (κ2) is 16.8. The summed E-state index contributed by atoms with van der Waals surface area (Å²) in [5.41, 5.74) is 3.42. The minimum Gasteiger partial charge on any atom is -0.478 e. The third-order valence-corrected chi connectivity index (χ3v) is 11.2. The van der Waals surface area contributed by atoms with Crippen LogP contribution < -0.4 is 4.72 Å². The van der Waals surface area contributed by atoms with Crippen LogP contribution in [0, 0.1) is 6.92 Å². The standard InChI is InChI=1S/C41H42ClN5O6S/c1-4-6-19-45(20-7-5-2)40(50)37-36(42)26(3)47(43-37)35-17-15-29(24-34(35)39(49)46-21-18-27-10-8-9-11-31(27)25-46)38(48)44-54(53)33-16-14-28-12-13-30(41(51)52)22-32(28)23-33/h8-17,22-24H,4-7,18-21,25H2,1-3H3,(H,44,48)(H,51,52). The molecule has 0 saturated carbocycles. The first-order valence-electron chi connectivity index (χ1n) is 18.0. The first-order valence-corrected chi connectivity index (χ1v) is 19.6. The number of nitrogens with zero attached hydrogens (tertiary/aromatic N) is 4. The molecule has 0 aliphatic carbocycles. The molecule has 3 amide bonds. The lowest BCUT2D eigenvalue weighted by molar-refractivity contribution is 0.0693. The number of unbranched alkanes of at least 4 members (excludes halogenated alkanes) is 2. The Kier molecular flexibility index (Phi) is 11.9. The molecule has 1 aromatic heterocycles. The van der Waals surface area contributed by atoms with E-state index in [0.29, 0.717) is 49.4 Å². The Labute approximate surface area is 321 Å². The molecule has 0 bridgehead atoms. The summed E-state index contributed by atoms with van der Waals surface area (Å²) in [5, 5.41) is 15.6. The summed E-state index contributed by atoms with van der Waals surface area (Å²) in [7, 11) is -2.01. The lowest BCUT2D eigenvalue weighted by Gasteiger charge is -2.29. The molecule has 2 N–H and O–H groups in total. The van der Waals surface area contributed by atoms with Crippen LogP contribution in [-0.2, 0) is 24.0 Å². The van der Waals surface area contributed by atoms with Crippen LogP contribution in [0.2, 0.25) is 5.02 Å². The van der Waals surface area contributed by atoms with E-state index in [-0.39, 0.29) is 44.1 Å². The first kappa shape index (κ1) is 38.4. The van der Waals surface area contributed by atoms with Gasteiger partial charge in [0, 0.05) is 31.7 Å². The van der Waals surface area contributed by atoms with E-state index < -0.39 is 22.9 Å². The SMILES string of the molecule is CCCCN(CCCC)C(=O)c1nn(-c2ccc(C(=O)NS(=O)c3ccc4ccc(C(=O)O)cc4c3)cc2C(=O)N2CCc3ccccc3C2)c(C)c1Cl. The van der Waals surface area contributed by atoms with E-state index >= 15 is 0 Å². The second-order valence-corrected chi connectivity index (χ2v) is 15.0. The molecular formula is C41H42ClN5O6S. The third kappa shape index (κ3) is 8.09. The van der Waals surface area contributed by atoms with Crippen molar-refractivity contribution in [3.63, 3.8) is 0 Å². The van der Waals surface area contributed by atoms with Gasteiger partial charge in [-0.3, -0.25) is 19.1 Å². The number of nitrogens with one attached hydrogen (secondary N) is 1. The van der Waals surface area contributed by atoms with E-state index in [1.807, 2.05) is 24.3 Å². The van der Waals surface area contributed by atoms with Crippen LogP contribution in [0.5, 0.6) is 0 Å². The zero-order valence-electron chi connectivity index (χ0n) is 30.4. The van der Waals surface area contributed by atoms with Crippen LogP contribution in [0.4, 0.5) is 0 Å². The number of aromatic nitrogens is 2. The van der Waals surface area contributed by atoms with Gasteiger partial charge in [0.05, 0.1) is 32.4 Å². The maximum atomic E-state index is 14.4. The number of carboxylic acid groups (broad SMARTS) is 1. The summed E-state index contributed by atoms with van der Waals surface area (Å²) in [4.78, 5) is 57.2. The molecule has 280 valence electrons. The van der Waals surface area contributed by atoms with Crippen molar-refractivity contribution in [2.75, 3.05) is 19.6 Å². The Balaban J connectivity index is 1.35. The Hall–Kier alpha value is -5.33. The summed E-state index contributed by atoms with van der Waals surface area (Å²) in [5.74, 6) is -2.40. The molecule has 5 aromatic rings. The van der Waals surface area contributed by atoms with Crippen LogP contribution >= 0.6 is 11.6 Å². The molecule has 1 aliphatic heterocycles. The maximum Gasteiger partial charge on any atom is 0.335 e. The summed E-state index contributed by atoms with van der Waals surface area (Å²) in [6.07, 6.45) is 4.18. The highest BCUT2D eigenvalue weighted by molar-refractivity contribution is 7.83. The minimum absolute atomic E-state index is 0.0827. The molecule has 54 heavy (non-hydrogen) atoms. The predicted octanol–water partition coefficient (Wildman–Crippen LogP) is 7.38. The number of hydrogen-bond donors (Lipinski definition) is 2. The maximum absolute atomic E-state index is 14.4. The molecule has 0 fully saturated rings. The Morgan fingerprint density at radius 1 is 0.889 bits per heavy atom. The highest BCUT2D eigenvalue weighted by atomic mass is 35.5. The van der Waals surface area contributed by atoms with Crippen molar-refractivity contribution < 1.29 is 28.5 Å². The largest absolute Gasteiger partial charge is 0.478 e. The van der Waals surface area contributed by atoms with Gasteiger partial charge in [-0.1, -0.05) is 74.7 Å². The highest BCUT2D eigenvalue weighted by Crippen LogP contribution is 2.29. The molecule has 1 aliphatic rings. The number of aromatic carboxylic acids is 1. The Bertz CT molecular complexity index is 2280. The Morgan fingerprint density at radius 2 is 1.57 bits per heavy atom. The lowest BCUT2D eigenvalue weighted by atomic mass is 9.98. The number of carbonyl (C=O) groups excluding carboxylic acids is 3. The average molecular weight is 768 g/mol. The molecule has 1 atom stereocenters. The molecule has 1 unspecified atom stereocenters. The van der Waals surface area contributed by atoms with Gasteiger partial charge in [-0.25, -0.2) is 13.7 Å².